The second kappa shape index (κ2) is 4.60. The molecule has 0 amide bonds. The van der Waals surface area contributed by atoms with E-state index in [9.17, 15) is 0 Å². The van der Waals surface area contributed by atoms with Gasteiger partial charge in [-0.3, -0.25) is 0 Å². The second-order valence-corrected chi connectivity index (χ2v) is 4.85. The minimum atomic E-state index is 0.747. The molecule has 0 aromatic carbocycles. The molecule has 2 saturated heterocycles. The monoisotopic (exact) mass is 197 g/mol. The molecule has 0 spiro atoms. The van der Waals surface area contributed by atoms with Gasteiger partial charge in [-0.05, 0) is 25.7 Å². The molecular formula is C11H23N3. The van der Waals surface area contributed by atoms with Gasteiger partial charge in [-0.15, -0.1) is 0 Å². The number of nitrogens with zero attached hydrogens (tertiary/aromatic N) is 2. The van der Waals surface area contributed by atoms with Gasteiger partial charge >= 0.3 is 0 Å². The van der Waals surface area contributed by atoms with Crippen LogP contribution in [0.3, 0.4) is 0 Å². The summed E-state index contributed by atoms with van der Waals surface area (Å²) in [7, 11) is 0. The summed E-state index contributed by atoms with van der Waals surface area (Å²) in [6, 6.07) is 0.747. The molecule has 2 aliphatic heterocycles. The maximum atomic E-state index is 3.41. The van der Waals surface area contributed by atoms with Gasteiger partial charge in [-0.1, -0.05) is 6.92 Å². The van der Waals surface area contributed by atoms with Crippen LogP contribution in [0.2, 0.25) is 0 Å². The molecule has 0 aliphatic carbocycles. The molecule has 0 aromatic heterocycles. The van der Waals surface area contributed by atoms with Crippen molar-refractivity contribution in [3.05, 3.63) is 0 Å². The summed E-state index contributed by atoms with van der Waals surface area (Å²) in [5, 5.41) is 8.56. The fourth-order valence-corrected chi connectivity index (χ4v) is 2.72. The quantitative estimate of drug-likeness (QED) is 0.674. The molecule has 0 radical (unpaired) electrons. The summed E-state index contributed by atoms with van der Waals surface area (Å²) in [4.78, 5) is 0. The minimum absolute atomic E-state index is 0.747. The standard InChI is InChI=1S/C11H23N3/c1-10-3-6-14(11(2)9-10)13-7-4-12-5-8-13/h10-12H,3-9H2,1-2H3. The van der Waals surface area contributed by atoms with Crippen molar-refractivity contribution in [2.75, 3.05) is 32.7 Å². The zero-order valence-electron chi connectivity index (χ0n) is 9.50. The van der Waals surface area contributed by atoms with E-state index >= 15 is 0 Å². The molecule has 0 saturated carbocycles. The summed E-state index contributed by atoms with van der Waals surface area (Å²) in [6.45, 7) is 10.7. The number of piperazine rings is 1. The predicted octanol–water partition coefficient (Wildman–Crippen LogP) is 0.927. The molecule has 1 N–H and O–H groups in total. The SMILES string of the molecule is CC1CCN(N2CCNCC2)C(C)C1. The summed E-state index contributed by atoms with van der Waals surface area (Å²) in [5.41, 5.74) is 0. The van der Waals surface area contributed by atoms with Gasteiger partial charge in [0.05, 0.1) is 0 Å². The third-order valence-corrected chi connectivity index (χ3v) is 3.56. The first-order chi connectivity index (χ1) is 6.77. The lowest BCUT2D eigenvalue weighted by molar-refractivity contribution is -0.0873. The molecule has 2 unspecified atom stereocenters. The van der Waals surface area contributed by atoms with E-state index in [0.29, 0.717) is 0 Å². The van der Waals surface area contributed by atoms with Gasteiger partial charge < -0.3 is 5.32 Å². The van der Waals surface area contributed by atoms with Crippen LogP contribution < -0.4 is 5.32 Å². The van der Waals surface area contributed by atoms with Gasteiger partial charge in [-0.25, -0.2) is 10.0 Å². The Kier molecular flexibility index (Phi) is 3.42. The zero-order valence-corrected chi connectivity index (χ0v) is 9.50. The fraction of sp³-hybridized carbons (Fsp3) is 1.00. The summed E-state index contributed by atoms with van der Waals surface area (Å²) >= 11 is 0. The van der Waals surface area contributed by atoms with E-state index in [2.05, 4.69) is 29.2 Å². The van der Waals surface area contributed by atoms with Crippen molar-refractivity contribution < 1.29 is 0 Å². The minimum Gasteiger partial charge on any atom is -0.314 e. The topological polar surface area (TPSA) is 18.5 Å². The van der Waals surface area contributed by atoms with Crippen molar-refractivity contribution in [1.82, 2.24) is 15.3 Å². The Balaban J connectivity index is 1.89. The van der Waals surface area contributed by atoms with E-state index in [1.807, 2.05) is 0 Å². The Labute approximate surface area is 87.4 Å². The van der Waals surface area contributed by atoms with Crippen molar-refractivity contribution in [3.8, 4) is 0 Å². The van der Waals surface area contributed by atoms with Crippen LogP contribution in [0.15, 0.2) is 0 Å². The van der Waals surface area contributed by atoms with Crippen molar-refractivity contribution in [2.24, 2.45) is 5.92 Å². The Morgan fingerprint density at radius 1 is 1.07 bits per heavy atom. The molecule has 2 aliphatic rings. The van der Waals surface area contributed by atoms with Gasteiger partial charge in [0.25, 0.3) is 0 Å². The van der Waals surface area contributed by atoms with E-state index in [-0.39, 0.29) is 0 Å². The number of hydrogen-bond acceptors (Lipinski definition) is 3. The highest BCUT2D eigenvalue weighted by Crippen LogP contribution is 2.23. The molecule has 3 nitrogen and oxygen atoms in total. The smallest absolute Gasteiger partial charge is 0.0259 e. The third kappa shape index (κ3) is 2.27. The Morgan fingerprint density at radius 3 is 2.43 bits per heavy atom. The largest absolute Gasteiger partial charge is 0.314 e. The lowest BCUT2D eigenvalue weighted by Gasteiger charge is -2.45. The number of rotatable bonds is 1. The summed E-state index contributed by atoms with van der Waals surface area (Å²) < 4.78 is 0. The highest BCUT2D eigenvalue weighted by atomic mass is 15.6. The van der Waals surface area contributed by atoms with Gasteiger partial charge in [0, 0.05) is 38.8 Å². The summed E-state index contributed by atoms with van der Waals surface area (Å²) in [6.07, 6.45) is 2.73. The average molecular weight is 197 g/mol. The van der Waals surface area contributed by atoms with Crippen LogP contribution in [-0.4, -0.2) is 48.8 Å². The van der Waals surface area contributed by atoms with Crippen LogP contribution >= 0.6 is 0 Å². The molecule has 2 atom stereocenters. The fourth-order valence-electron chi connectivity index (χ4n) is 2.72. The number of nitrogens with one attached hydrogen (secondary N) is 1. The van der Waals surface area contributed by atoms with Crippen LogP contribution in [0, 0.1) is 5.92 Å². The molecule has 0 bridgehead atoms. The van der Waals surface area contributed by atoms with E-state index in [0.717, 1.165) is 25.0 Å². The van der Waals surface area contributed by atoms with E-state index < -0.39 is 0 Å². The molecule has 2 rings (SSSR count). The van der Waals surface area contributed by atoms with Crippen LogP contribution in [-0.2, 0) is 0 Å². The number of piperidine rings is 1. The first kappa shape index (κ1) is 10.4. The van der Waals surface area contributed by atoms with Crippen molar-refractivity contribution in [1.29, 1.82) is 0 Å². The molecule has 0 aromatic rings. The number of hydrogen-bond donors (Lipinski definition) is 1. The number of hydrazine groups is 1. The molecule has 3 heteroatoms. The van der Waals surface area contributed by atoms with Gasteiger partial charge in [0.2, 0.25) is 0 Å². The molecule has 82 valence electrons. The van der Waals surface area contributed by atoms with Crippen LogP contribution in [0.5, 0.6) is 0 Å². The average Bonchev–Trinajstić information content (AvgIpc) is 2.19. The summed E-state index contributed by atoms with van der Waals surface area (Å²) in [5.74, 6) is 0.921. The Hall–Kier alpha value is -0.120. The van der Waals surface area contributed by atoms with E-state index in [1.54, 1.807) is 0 Å². The van der Waals surface area contributed by atoms with Gasteiger partial charge in [-0.2, -0.15) is 0 Å². The highest BCUT2D eigenvalue weighted by molar-refractivity contribution is 4.77. The maximum absolute atomic E-state index is 3.41. The van der Waals surface area contributed by atoms with Crippen LogP contribution in [0.1, 0.15) is 26.7 Å². The predicted molar refractivity (Wildman–Crippen MR) is 59.0 cm³/mol. The van der Waals surface area contributed by atoms with Crippen LogP contribution in [0.25, 0.3) is 0 Å². The molecule has 2 heterocycles. The van der Waals surface area contributed by atoms with Crippen LogP contribution in [0.4, 0.5) is 0 Å². The Morgan fingerprint density at radius 2 is 1.79 bits per heavy atom. The maximum Gasteiger partial charge on any atom is 0.0259 e. The highest BCUT2D eigenvalue weighted by Gasteiger charge is 2.27. The van der Waals surface area contributed by atoms with Gasteiger partial charge in [0.15, 0.2) is 0 Å². The first-order valence-corrected chi connectivity index (χ1v) is 5.99. The van der Waals surface area contributed by atoms with Crippen molar-refractivity contribution in [2.45, 2.75) is 32.7 Å². The Bertz CT molecular complexity index is 177. The lowest BCUT2D eigenvalue weighted by Crippen LogP contribution is -2.57. The molecule has 14 heavy (non-hydrogen) atoms. The lowest BCUT2D eigenvalue weighted by atomic mass is 9.94. The van der Waals surface area contributed by atoms with Crippen molar-refractivity contribution in [3.63, 3.8) is 0 Å². The zero-order chi connectivity index (χ0) is 9.97. The molecule has 2 fully saturated rings. The third-order valence-electron chi connectivity index (χ3n) is 3.56. The van der Waals surface area contributed by atoms with Gasteiger partial charge in [0.1, 0.15) is 0 Å². The van der Waals surface area contributed by atoms with E-state index in [1.165, 1.54) is 32.5 Å². The van der Waals surface area contributed by atoms with E-state index in [4.69, 9.17) is 0 Å². The molecular weight excluding hydrogens is 174 g/mol. The normalized spacial score (nSPS) is 37.3. The van der Waals surface area contributed by atoms with Crippen molar-refractivity contribution >= 4 is 0 Å². The second-order valence-electron chi connectivity index (χ2n) is 4.85. The first-order valence-electron chi connectivity index (χ1n) is 5.99.